The molecule has 3 aromatic rings. The second kappa shape index (κ2) is 9.07. The van der Waals surface area contributed by atoms with E-state index in [2.05, 4.69) is 33.2 Å². The molecule has 2 heterocycles. The highest BCUT2D eigenvalue weighted by Gasteiger charge is 2.38. The molecule has 0 spiro atoms. The fraction of sp³-hybridized carbons (Fsp3) is 0.536. The van der Waals surface area contributed by atoms with Crippen molar-refractivity contribution < 1.29 is 9.90 Å². The van der Waals surface area contributed by atoms with Gasteiger partial charge in [-0.3, -0.25) is 4.79 Å². The van der Waals surface area contributed by atoms with E-state index in [0.717, 1.165) is 71.8 Å². The Kier molecular flexibility index (Phi) is 5.86. The van der Waals surface area contributed by atoms with E-state index < -0.39 is 5.60 Å². The number of hydrogen-bond donors (Lipinski definition) is 4. The normalized spacial score (nSPS) is 24.0. The number of rotatable bonds is 8. The summed E-state index contributed by atoms with van der Waals surface area (Å²) in [5, 5.41) is 25.1. The van der Waals surface area contributed by atoms with Crippen molar-refractivity contribution >= 4 is 23.2 Å². The molecule has 190 valence electrons. The van der Waals surface area contributed by atoms with E-state index in [-0.39, 0.29) is 5.91 Å². The minimum absolute atomic E-state index is 0.00375. The van der Waals surface area contributed by atoms with E-state index in [0.29, 0.717) is 18.0 Å². The molecule has 3 aliphatic carbocycles. The largest absolute Gasteiger partial charge is 0.390 e. The van der Waals surface area contributed by atoms with Gasteiger partial charge in [0.15, 0.2) is 5.65 Å². The van der Waals surface area contributed by atoms with Crippen molar-refractivity contribution in [2.75, 3.05) is 17.2 Å². The summed E-state index contributed by atoms with van der Waals surface area (Å²) >= 11 is 0. The van der Waals surface area contributed by atoms with E-state index in [9.17, 15) is 9.90 Å². The monoisotopic (exact) mass is 488 g/mol. The molecule has 1 amide bonds. The van der Waals surface area contributed by atoms with Crippen LogP contribution in [0.25, 0.3) is 16.8 Å². The minimum Gasteiger partial charge on any atom is -0.390 e. The molecule has 4 N–H and O–H groups in total. The molecule has 8 heteroatoms. The number of anilines is 2. The average molecular weight is 489 g/mol. The van der Waals surface area contributed by atoms with Crippen LogP contribution >= 0.6 is 0 Å². The van der Waals surface area contributed by atoms with Crippen molar-refractivity contribution in [3.8, 4) is 11.1 Å². The number of nitrogens with zero attached hydrogens (tertiary/aromatic N) is 3. The molecule has 8 nitrogen and oxygen atoms in total. The molecule has 0 atom stereocenters. The first-order valence-corrected chi connectivity index (χ1v) is 13.4. The third-order valence-electron chi connectivity index (χ3n) is 7.90. The fourth-order valence-electron chi connectivity index (χ4n) is 5.80. The SMILES string of the molecule is Cc1cc(-c2cnn3c(NC[C@H]4C[C@](C)(O)C4)cc(NC4CCCC4)nc23)ccc1C(=O)NC1CC1. The van der Waals surface area contributed by atoms with E-state index in [1.54, 1.807) is 0 Å². The Morgan fingerprint density at radius 1 is 1.14 bits per heavy atom. The zero-order valence-electron chi connectivity index (χ0n) is 21.2. The number of fused-ring (bicyclic) bond motifs is 1. The summed E-state index contributed by atoms with van der Waals surface area (Å²) < 4.78 is 1.87. The van der Waals surface area contributed by atoms with E-state index >= 15 is 0 Å². The smallest absolute Gasteiger partial charge is 0.251 e. The topological polar surface area (TPSA) is 104 Å². The quantitative estimate of drug-likeness (QED) is 0.372. The molecule has 0 saturated heterocycles. The molecule has 3 aliphatic rings. The van der Waals surface area contributed by atoms with Crippen LogP contribution in [0.1, 0.15) is 74.2 Å². The van der Waals surface area contributed by atoms with Gasteiger partial charge in [-0.15, -0.1) is 0 Å². The first-order valence-electron chi connectivity index (χ1n) is 13.4. The number of aromatic nitrogens is 3. The van der Waals surface area contributed by atoms with Crippen LogP contribution in [0.2, 0.25) is 0 Å². The number of benzene rings is 1. The predicted molar refractivity (Wildman–Crippen MR) is 141 cm³/mol. The summed E-state index contributed by atoms with van der Waals surface area (Å²) in [5.74, 6) is 2.21. The van der Waals surface area contributed by atoms with Crippen molar-refractivity contribution in [1.29, 1.82) is 0 Å². The molecule has 1 aromatic carbocycles. The Hall–Kier alpha value is -3.13. The lowest BCUT2D eigenvalue weighted by atomic mass is 9.72. The molecular weight excluding hydrogens is 452 g/mol. The van der Waals surface area contributed by atoms with Crippen LogP contribution in [0.4, 0.5) is 11.6 Å². The summed E-state index contributed by atoms with van der Waals surface area (Å²) in [6.45, 7) is 4.68. The highest BCUT2D eigenvalue weighted by atomic mass is 16.3. The Balaban J connectivity index is 1.31. The molecule has 0 bridgehead atoms. The van der Waals surface area contributed by atoms with Gasteiger partial charge >= 0.3 is 0 Å². The standard InChI is InChI=1S/C28H36N6O2/c1-17-11-19(7-10-22(17)27(35)32-21-8-9-21)23-16-30-34-25(29-15-18-13-28(2,36)14-18)12-24(33-26(23)34)31-20-5-3-4-6-20/h7,10-12,16,18,20-21,29,36H,3-6,8-9,13-15H2,1-2H3,(H,31,33)(H,32,35)/t18-,28-. The molecular formula is C28H36N6O2. The molecule has 0 aliphatic heterocycles. The van der Waals surface area contributed by atoms with Crippen LogP contribution in [0.3, 0.4) is 0 Å². The van der Waals surface area contributed by atoms with Crippen LogP contribution in [0.15, 0.2) is 30.5 Å². The van der Waals surface area contributed by atoms with Crippen molar-refractivity contribution in [3.05, 3.63) is 41.6 Å². The van der Waals surface area contributed by atoms with Crippen LogP contribution < -0.4 is 16.0 Å². The Morgan fingerprint density at radius 3 is 2.61 bits per heavy atom. The Morgan fingerprint density at radius 2 is 1.92 bits per heavy atom. The van der Waals surface area contributed by atoms with Gasteiger partial charge in [0, 0.05) is 35.8 Å². The van der Waals surface area contributed by atoms with E-state index in [1.165, 1.54) is 25.7 Å². The van der Waals surface area contributed by atoms with Crippen molar-refractivity contribution in [2.24, 2.45) is 5.92 Å². The van der Waals surface area contributed by atoms with Gasteiger partial charge in [0.1, 0.15) is 11.6 Å². The number of nitrogens with one attached hydrogen (secondary N) is 3. The second-order valence-electron chi connectivity index (χ2n) is 11.4. The fourth-order valence-corrected chi connectivity index (χ4v) is 5.80. The maximum atomic E-state index is 12.6. The number of aliphatic hydroxyl groups is 1. The van der Waals surface area contributed by atoms with Gasteiger partial charge in [0.2, 0.25) is 0 Å². The van der Waals surface area contributed by atoms with Crippen LogP contribution in [-0.2, 0) is 0 Å². The molecule has 3 saturated carbocycles. The summed E-state index contributed by atoms with van der Waals surface area (Å²) in [4.78, 5) is 17.6. The zero-order chi connectivity index (χ0) is 24.9. The number of aryl methyl sites for hydroxylation is 1. The molecule has 3 fully saturated rings. The lowest BCUT2D eigenvalue weighted by Crippen LogP contribution is -2.43. The van der Waals surface area contributed by atoms with Crippen LogP contribution in [0.5, 0.6) is 0 Å². The molecule has 0 unspecified atom stereocenters. The van der Waals surface area contributed by atoms with Crippen molar-refractivity contribution in [2.45, 2.75) is 82.9 Å². The number of carbonyl (C=O) groups excluding carboxylic acids is 1. The maximum Gasteiger partial charge on any atom is 0.251 e. The first kappa shape index (κ1) is 23.3. The average Bonchev–Trinajstić information content (AvgIpc) is 3.30. The molecule has 36 heavy (non-hydrogen) atoms. The zero-order valence-corrected chi connectivity index (χ0v) is 21.2. The number of amides is 1. The first-order chi connectivity index (χ1) is 17.3. The van der Waals surface area contributed by atoms with Crippen LogP contribution in [-0.4, -0.2) is 49.8 Å². The Labute approximate surface area is 211 Å². The molecule has 2 aromatic heterocycles. The maximum absolute atomic E-state index is 12.6. The summed E-state index contributed by atoms with van der Waals surface area (Å²) in [6, 6.07) is 8.80. The summed E-state index contributed by atoms with van der Waals surface area (Å²) in [5.41, 5.74) is 3.86. The van der Waals surface area contributed by atoms with Crippen molar-refractivity contribution in [3.63, 3.8) is 0 Å². The van der Waals surface area contributed by atoms with Gasteiger partial charge in [-0.2, -0.15) is 9.61 Å². The highest BCUT2D eigenvalue weighted by Crippen LogP contribution is 2.37. The van der Waals surface area contributed by atoms with Crippen molar-refractivity contribution in [1.82, 2.24) is 19.9 Å². The summed E-state index contributed by atoms with van der Waals surface area (Å²) in [6.07, 6.45) is 10.5. The van der Waals surface area contributed by atoms with Gasteiger partial charge in [0.25, 0.3) is 5.91 Å². The lowest BCUT2D eigenvalue weighted by Gasteiger charge is -2.41. The number of hydrogen-bond acceptors (Lipinski definition) is 6. The van der Waals surface area contributed by atoms with Gasteiger partial charge in [-0.25, -0.2) is 4.98 Å². The summed E-state index contributed by atoms with van der Waals surface area (Å²) in [7, 11) is 0. The van der Waals surface area contributed by atoms with Gasteiger partial charge in [-0.05, 0) is 75.5 Å². The third kappa shape index (κ3) is 4.78. The number of carbonyl (C=O) groups is 1. The highest BCUT2D eigenvalue weighted by molar-refractivity contribution is 5.97. The van der Waals surface area contributed by atoms with Gasteiger partial charge in [0.05, 0.1) is 11.8 Å². The second-order valence-corrected chi connectivity index (χ2v) is 11.4. The molecule has 6 rings (SSSR count). The predicted octanol–water partition coefficient (Wildman–Crippen LogP) is 4.52. The van der Waals surface area contributed by atoms with Gasteiger partial charge < -0.3 is 21.1 Å². The third-order valence-corrected chi connectivity index (χ3v) is 7.90. The minimum atomic E-state index is -0.534. The van der Waals surface area contributed by atoms with E-state index in [1.807, 2.05) is 36.7 Å². The molecule has 0 radical (unpaired) electrons. The van der Waals surface area contributed by atoms with E-state index in [4.69, 9.17) is 4.98 Å². The Bertz CT molecular complexity index is 1280. The van der Waals surface area contributed by atoms with Gasteiger partial charge in [-0.1, -0.05) is 25.0 Å². The lowest BCUT2D eigenvalue weighted by molar-refractivity contribution is -0.0524. The van der Waals surface area contributed by atoms with Crippen LogP contribution in [0, 0.1) is 12.8 Å².